The van der Waals surface area contributed by atoms with Crippen LogP contribution in [0.15, 0.2) is 91.0 Å². The fraction of sp³-hybridized carbons (Fsp3) is 0.267. The zero-order chi connectivity index (χ0) is 25.5. The summed E-state index contributed by atoms with van der Waals surface area (Å²) in [5.41, 5.74) is 3.41. The first-order valence-electron chi connectivity index (χ1n) is 12.7. The van der Waals surface area contributed by atoms with Crippen LogP contribution in [0, 0.1) is 0 Å². The quantitative estimate of drug-likeness (QED) is 0.344. The summed E-state index contributed by atoms with van der Waals surface area (Å²) in [6, 6.07) is 30.8. The van der Waals surface area contributed by atoms with Crippen LogP contribution in [0.25, 0.3) is 0 Å². The normalized spacial score (nSPS) is 13.8. The van der Waals surface area contributed by atoms with Crippen LogP contribution in [0.1, 0.15) is 11.1 Å². The minimum absolute atomic E-state index is 0.531. The molecule has 1 saturated heterocycles. The van der Waals surface area contributed by atoms with Crippen molar-refractivity contribution in [1.82, 2.24) is 14.9 Å². The van der Waals surface area contributed by atoms with E-state index in [4.69, 9.17) is 14.7 Å². The Morgan fingerprint density at radius 1 is 0.784 bits per heavy atom. The van der Waals surface area contributed by atoms with Crippen molar-refractivity contribution in [1.29, 1.82) is 0 Å². The van der Waals surface area contributed by atoms with Gasteiger partial charge in [-0.15, -0.1) is 0 Å². The van der Waals surface area contributed by atoms with Gasteiger partial charge in [0.2, 0.25) is 5.95 Å². The molecule has 4 aromatic rings. The zero-order valence-corrected chi connectivity index (χ0v) is 21.5. The molecule has 5 rings (SSSR count). The van der Waals surface area contributed by atoms with E-state index >= 15 is 0 Å². The summed E-state index contributed by atoms with van der Waals surface area (Å²) in [6.45, 7) is 5.26. The fourth-order valence-corrected chi connectivity index (χ4v) is 4.36. The number of hydrogen-bond donors (Lipinski definition) is 1. The Morgan fingerprint density at radius 3 is 2.19 bits per heavy atom. The monoisotopic (exact) mass is 494 g/mol. The van der Waals surface area contributed by atoms with Crippen LogP contribution in [0.5, 0.6) is 5.75 Å². The molecule has 1 aliphatic heterocycles. The van der Waals surface area contributed by atoms with Crippen LogP contribution in [-0.4, -0.2) is 55.1 Å². The van der Waals surface area contributed by atoms with E-state index in [1.807, 2.05) is 67.5 Å². The van der Waals surface area contributed by atoms with Crippen LogP contribution in [0.4, 0.5) is 23.3 Å². The van der Waals surface area contributed by atoms with Gasteiger partial charge in [0, 0.05) is 64.6 Å². The van der Waals surface area contributed by atoms with Gasteiger partial charge in [-0.1, -0.05) is 66.7 Å². The van der Waals surface area contributed by atoms with E-state index in [1.165, 1.54) is 5.56 Å². The summed E-state index contributed by atoms with van der Waals surface area (Å²) in [7, 11) is 4.01. The van der Waals surface area contributed by atoms with Gasteiger partial charge in [0.25, 0.3) is 0 Å². The Morgan fingerprint density at radius 2 is 1.49 bits per heavy atom. The molecule has 1 aliphatic rings. The lowest BCUT2D eigenvalue weighted by molar-refractivity contribution is 0.249. The fourth-order valence-electron chi connectivity index (χ4n) is 4.36. The maximum Gasteiger partial charge on any atom is 0.229 e. The lowest BCUT2D eigenvalue weighted by atomic mass is 10.2. The second kappa shape index (κ2) is 11.8. The van der Waals surface area contributed by atoms with E-state index in [1.54, 1.807) is 0 Å². The number of anilines is 4. The number of rotatable bonds is 9. The Balaban J connectivity index is 1.26. The second-order valence-corrected chi connectivity index (χ2v) is 9.48. The topological polar surface area (TPSA) is 56.8 Å². The Kier molecular flexibility index (Phi) is 7.81. The van der Waals surface area contributed by atoms with Crippen molar-refractivity contribution < 1.29 is 4.74 Å². The molecule has 0 amide bonds. The summed E-state index contributed by atoms with van der Waals surface area (Å²) in [5.74, 6) is 3.20. The van der Waals surface area contributed by atoms with Crippen LogP contribution in [0.2, 0.25) is 0 Å². The van der Waals surface area contributed by atoms with E-state index in [2.05, 4.69) is 57.6 Å². The number of nitrogens with zero attached hydrogens (tertiary/aromatic N) is 5. The van der Waals surface area contributed by atoms with E-state index in [-0.39, 0.29) is 0 Å². The van der Waals surface area contributed by atoms with Crippen LogP contribution in [-0.2, 0) is 13.2 Å². The van der Waals surface area contributed by atoms with Gasteiger partial charge in [0.15, 0.2) is 0 Å². The van der Waals surface area contributed by atoms with Gasteiger partial charge in [0.05, 0.1) is 0 Å². The van der Waals surface area contributed by atoms with Crippen LogP contribution in [0.3, 0.4) is 0 Å². The first-order valence-corrected chi connectivity index (χ1v) is 12.7. The van der Waals surface area contributed by atoms with Crippen LogP contribution < -0.4 is 19.9 Å². The van der Waals surface area contributed by atoms with Gasteiger partial charge in [-0.05, 0) is 23.3 Å². The molecule has 190 valence electrons. The highest BCUT2D eigenvalue weighted by Crippen LogP contribution is 2.25. The lowest BCUT2D eigenvalue weighted by Crippen LogP contribution is -2.46. The SMILES string of the molecule is CN(C)c1cc(Nc2cccc(OCc3ccccc3)c2)nc(N2CCN(Cc3ccccc3)CC2)n1. The lowest BCUT2D eigenvalue weighted by Gasteiger charge is -2.35. The van der Waals surface area contributed by atoms with Crippen molar-refractivity contribution in [2.75, 3.05) is 55.4 Å². The third-order valence-corrected chi connectivity index (χ3v) is 6.42. The molecule has 0 saturated carbocycles. The number of piperazine rings is 1. The van der Waals surface area contributed by atoms with Crippen molar-refractivity contribution in [2.24, 2.45) is 0 Å². The van der Waals surface area contributed by atoms with Gasteiger partial charge in [0.1, 0.15) is 24.0 Å². The van der Waals surface area contributed by atoms with E-state index in [9.17, 15) is 0 Å². The zero-order valence-electron chi connectivity index (χ0n) is 21.5. The molecule has 1 N–H and O–H groups in total. The molecular formula is C30H34N6O. The van der Waals surface area contributed by atoms with Gasteiger partial charge in [-0.25, -0.2) is 0 Å². The molecule has 0 unspecified atom stereocenters. The molecule has 0 spiro atoms. The van der Waals surface area contributed by atoms with E-state index in [0.717, 1.165) is 67.3 Å². The van der Waals surface area contributed by atoms with Gasteiger partial charge < -0.3 is 19.9 Å². The molecule has 3 aromatic carbocycles. The van der Waals surface area contributed by atoms with Gasteiger partial charge >= 0.3 is 0 Å². The first kappa shape index (κ1) is 24.6. The highest BCUT2D eigenvalue weighted by atomic mass is 16.5. The predicted octanol–water partition coefficient (Wildman–Crippen LogP) is 5.19. The van der Waals surface area contributed by atoms with Crippen molar-refractivity contribution in [3.05, 3.63) is 102 Å². The van der Waals surface area contributed by atoms with E-state index in [0.29, 0.717) is 6.61 Å². The summed E-state index contributed by atoms with van der Waals surface area (Å²) in [6.07, 6.45) is 0. The van der Waals surface area contributed by atoms with Crippen molar-refractivity contribution in [2.45, 2.75) is 13.2 Å². The Hall–Kier alpha value is -4.10. The molecule has 0 bridgehead atoms. The van der Waals surface area contributed by atoms with Gasteiger partial charge in [-0.3, -0.25) is 4.90 Å². The Labute approximate surface area is 219 Å². The minimum atomic E-state index is 0.531. The van der Waals surface area contributed by atoms with Gasteiger partial charge in [-0.2, -0.15) is 9.97 Å². The maximum atomic E-state index is 6.01. The Bertz CT molecular complexity index is 1270. The molecule has 7 nitrogen and oxygen atoms in total. The molecule has 1 aromatic heterocycles. The largest absolute Gasteiger partial charge is 0.489 e. The van der Waals surface area contributed by atoms with E-state index < -0.39 is 0 Å². The standard InChI is InChI=1S/C30H34N6O/c1-34(2)29-21-28(31-26-14-9-15-27(20-26)37-23-25-12-7-4-8-13-25)32-30(33-29)36-18-16-35(17-19-36)22-24-10-5-3-6-11-24/h3-15,20-21H,16-19,22-23H2,1-2H3,(H,31,32,33). The average Bonchev–Trinajstić information content (AvgIpc) is 2.93. The molecule has 1 fully saturated rings. The molecule has 37 heavy (non-hydrogen) atoms. The molecule has 0 aliphatic carbocycles. The number of hydrogen-bond acceptors (Lipinski definition) is 7. The number of ether oxygens (including phenoxy) is 1. The molecule has 7 heteroatoms. The number of aromatic nitrogens is 2. The third kappa shape index (κ3) is 6.77. The molecular weight excluding hydrogens is 460 g/mol. The average molecular weight is 495 g/mol. The summed E-state index contributed by atoms with van der Waals surface area (Å²) in [5, 5.41) is 3.46. The maximum absolute atomic E-state index is 6.01. The van der Waals surface area contributed by atoms with Crippen molar-refractivity contribution >= 4 is 23.3 Å². The summed E-state index contributed by atoms with van der Waals surface area (Å²) >= 11 is 0. The smallest absolute Gasteiger partial charge is 0.229 e. The first-order chi connectivity index (χ1) is 18.1. The molecule has 2 heterocycles. The predicted molar refractivity (Wildman–Crippen MR) is 151 cm³/mol. The molecule has 0 radical (unpaired) electrons. The number of benzene rings is 3. The highest BCUT2D eigenvalue weighted by molar-refractivity contribution is 5.63. The second-order valence-electron chi connectivity index (χ2n) is 9.48. The molecule has 0 atom stereocenters. The highest BCUT2D eigenvalue weighted by Gasteiger charge is 2.20. The summed E-state index contributed by atoms with van der Waals surface area (Å²) < 4.78 is 6.01. The minimum Gasteiger partial charge on any atom is -0.489 e. The van der Waals surface area contributed by atoms with Crippen molar-refractivity contribution in [3.8, 4) is 5.75 Å². The summed E-state index contributed by atoms with van der Waals surface area (Å²) in [4.78, 5) is 16.5. The van der Waals surface area contributed by atoms with Crippen LogP contribution >= 0.6 is 0 Å². The third-order valence-electron chi connectivity index (χ3n) is 6.42. The number of nitrogens with one attached hydrogen (secondary N) is 1. The van der Waals surface area contributed by atoms with Crippen molar-refractivity contribution in [3.63, 3.8) is 0 Å².